The van der Waals surface area contributed by atoms with Crippen LogP contribution in [-0.4, -0.2) is 53.6 Å². The molecule has 2 N–H and O–H groups in total. The van der Waals surface area contributed by atoms with Gasteiger partial charge in [-0.1, -0.05) is 24.3 Å². The fraction of sp³-hybridized carbons (Fsp3) is 0.400. The maximum absolute atomic E-state index is 5.62. The molecule has 1 atom stereocenters. The molecule has 0 spiro atoms. The first kappa shape index (κ1) is 22.8. The van der Waals surface area contributed by atoms with Crippen molar-refractivity contribution >= 4 is 11.8 Å². The number of nitrogens with one attached hydrogen (secondary N) is 2. The molecular weight excluding hydrogens is 414 g/mol. The van der Waals surface area contributed by atoms with Crippen molar-refractivity contribution in [2.24, 2.45) is 4.99 Å². The van der Waals surface area contributed by atoms with Crippen LogP contribution in [0.15, 0.2) is 53.7 Å². The van der Waals surface area contributed by atoms with Crippen molar-refractivity contribution in [1.29, 1.82) is 0 Å². The van der Waals surface area contributed by atoms with Crippen molar-refractivity contribution in [1.82, 2.24) is 25.4 Å². The van der Waals surface area contributed by atoms with Gasteiger partial charge in [-0.05, 0) is 50.1 Å². The summed E-state index contributed by atoms with van der Waals surface area (Å²) in [6, 6.07) is 14.6. The predicted octanol–water partition coefficient (Wildman–Crippen LogP) is 2.97. The monoisotopic (exact) mass is 447 g/mol. The van der Waals surface area contributed by atoms with Gasteiger partial charge >= 0.3 is 0 Å². The second-order valence-corrected chi connectivity index (χ2v) is 8.40. The molecule has 1 saturated heterocycles. The van der Waals surface area contributed by atoms with E-state index in [0.717, 1.165) is 59.7 Å². The number of pyridine rings is 1. The maximum atomic E-state index is 5.62. The molecule has 0 amide bonds. The lowest BCUT2D eigenvalue weighted by Crippen LogP contribution is -2.41. The highest BCUT2D eigenvalue weighted by Gasteiger charge is 2.17. The van der Waals surface area contributed by atoms with Crippen LogP contribution in [0.3, 0.4) is 0 Å². The van der Waals surface area contributed by atoms with Gasteiger partial charge in [0.2, 0.25) is 0 Å². The van der Waals surface area contributed by atoms with Gasteiger partial charge in [-0.15, -0.1) is 0 Å². The van der Waals surface area contributed by atoms with Crippen molar-refractivity contribution in [3.63, 3.8) is 0 Å². The highest BCUT2D eigenvalue weighted by atomic mass is 16.5. The van der Waals surface area contributed by atoms with Crippen molar-refractivity contribution in [2.75, 3.05) is 31.6 Å². The number of aryl methyl sites for hydroxylation is 2. The minimum Gasteiger partial charge on any atom is -0.375 e. The number of para-hydroxylation sites is 1. The van der Waals surface area contributed by atoms with Gasteiger partial charge in [0, 0.05) is 45.1 Å². The zero-order chi connectivity index (χ0) is 23.2. The van der Waals surface area contributed by atoms with Crippen molar-refractivity contribution in [2.45, 2.75) is 40.0 Å². The standard InChI is InChI=1S/C25H33N7O/c1-18-13-19(2)32(30-18)23-8-6-5-7-22(23)16-29-25(26-4)28-15-21-9-10-24(27-14-21)31-11-12-33-20(3)17-31/h5-10,13-14,20H,11-12,15-17H2,1-4H3,(H2,26,28,29). The van der Waals surface area contributed by atoms with E-state index in [1.54, 1.807) is 7.05 Å². The average Bonchev–Trinajstić information content (AvgIpc) is 3.17. The quantitative estimate of drug-likeness (QED) is 0.447. The van der Waals surface area contributed by atoms with Crippen LogP contribution in [0.25, 0.3) is 5.69 Å². The van der Waals surface area contributed by atoms with Crippen molar-refractivity contribution in [3.05, 3.63) is 71.2 Å². The zero-order valence-electron chi connectivity index (χ0n) is 19.9. The Hall–Kier alpha value is -3.39. The van der Waals surface area contributed by atoms with Gasteiger partial charge in [0.1, 0.15) is 5.82 Å². The molecule has 1 aliphatic rings. The topological polar surface area (TPSA) is 79.6 Å². The molecule has 3 heterocycles. The number of morpholine rings is 1. The Labute approximate surface area is 195 Å². The minimum atomic E-state index is 0.239. The Balaban J connectivity index is 1.34. The third-order valence-electron chi connectivity index (χ3n) is 5.73. The normalized spacial score (nSPS) is 16.7. The van der Waals surface area contributed by atoms with Crippen LogP contribution in [0.1, 0.15) is 29.4 Å². The summed E-state index contributed by atoms with van der Waals surface area (Å²) in [4.78, 5) is 11.3. The number of hydrogen-bond donors (Lipinski definition) is 2. The van der Waals surface area contributed by atoms with E-state index in [1.807, 2.05) is 29.9 Å². The molecule has 8 heteroatoms. The minimum absolute atomic E-state index is 0.239. The number of ether oxygens (including phenoxy) is 1. The number of guanidine groups is 1. The fourth-order valence-corrected chi connectivity index (χ4v) is 4.06. The second kappa shape index (κ2) is 10.5. The number of benzene rings is 1. The molecule has 1 aromatic carbocycles. The summed E-state index contributed by atoms with van der Waals surface area (Å²) in [5, 5.41) is 11.4. The summed E-state index contributed by atoms with van der Waals surface area (Å²) in [5.74, 6) is 1.74. The van der Waals surface area contributed by atoms with Crippen LogP contribution in [0.2, 0.25) is 0 Å². The number of aromatic nitrogens is 3. The molecule has 33 heavy (non-hydrogen) atoms. The van der Waals surface area contributed by atoms with Gasteiger partial charge in [0.25, 0.3) is 0 Å². The Morgan fingerprint density at radius 3 is 2.67 bits per heavy atom. The number of anilines is 1. The van der Waals surface area contributed by atoms with Gasteiger partial charge in [-0.3, -0.25) is 4.99 Å². The lowest BCUT2D eigenvalue weighted by molar-refractivity contribution is 0.0529. The fourth-order valence-electron chi connectivity index (χ4n) is 4.06. The van der Waals surface area contributed by atoms with Gasteiger partial charge in [0.15, 0.2) is 5.96 Å². The third-order valence-corrected chi connectivity index (χ3v) is 5.73. The highest BCUT2D eigenvalue weighted by Crippen LogP contribution is 2.17. The number of nitrogens with zero attached hydrogens (tertiary/aromatic N) is 5. The smallest absolute Gasteiger partial charge is 0.191 e. The van der Waals surface area contributed by atoms with E-state index in [2.05, 4.69) is 74.8 Å². The van der Waals surface area contributed by atoms with E-state index in [9.17, 15) is 0 Å². The van der Waals surface area contributed by atoms with Crippen LogP contribution >= 0.6 is 0 Å². The van der Waals surface area contributed by atoms with Crippen LogP contribution in [0.4, 0.5) is 5.82 Å². The maximum Gasteiger partial charge on any atom is 0.191 e. The molecule has 0 bridgehead atoms. The lowest BCUT2D eigenvalue weighted by Gasteiger charge is -2.32. The zero-order valence-corrected chi connectivity index (χ0v) is 19.9. The molecule has 4 rings (SSSR count). The Kier molecular flexibility index (Phi) is 7.24. The van der Waals surface area contributed by atoms with Crippen LogP contribution in [0.5, 0.6) is 0 Å². The number of aliphatic imine (C=N–C) groups is 1. The largest absolute Gasteiger partial charge is 0.375 e. The molecule has 174 valence electrons. The molecule has 0 radical (unpaired) electrons. The summed E-state index contributed by atoms with van der Waals surface area (Å²) >= 11 is 0. The second-order valence-electron chi connectivity index (χ2n) is 8.40. The SMILES string of the molecule is CN=C(NCc1ccc(N2CCOC(C)C2)nc1)NCc1ccccc1-n1nc(C)cc1C. The number of hydrogen-bond acceptors (Lipinski definition) is 5. The van der Waals surface area contributed by atoms with E-state index < -0.39 is 0 Å². The first-order chi connectivity index (χ1) is 16.0. The van der Waals surface area contributed by atoms with E-state index in [1.165, 1.54) is 0 Å². The molecule has 2 aromatic heterocycles. The molecule has 8 nitrogen and oxygen atoms in total. The Bertz CT molecular complexity index is 1090. The molecule has 1 unspecified atom stereocenters. The summed E-state index contributed by atoms with van der Waals surface area (Å²) in [6.45, 7) is 9.97. The van der Waals surface area contributed by atoms with Crippen LogP contribution in [-0.2, 0) is 17.8 Å². The van der Waals surface area contributed by atoms with Crippen LogP contribution < -0.4 is 15.5 Å². The number of rotatable bonds is 6. The first-order valence-electron chi connectivity index (χ1n) is 11.4. The molecule has 0 saturated carbocycles. The van der Waals surface area contributed by atoms with Crippen molar-refractivity contribution < 1.29 is 4.74 Å². The predicted molar refractivity (Wildman–Crippen MR) is 132 cm³/mol. The van der Waals surface area contributed by atoms with Gasteiger partial charge in [-0.2, -0.15) is 5.10 Å². The summed E-state index contributed by atoms with van der Waals surface area (Å²) in [6.07, 6.45) is 2.16. The van der Waals surface area contributed by atoms with Crippen molar-refractivity contribution in [3.8, 4) is 5.69 Å². The molecule has 3 aromatic rings. The Morgan fingerprint density at radius 2 is 1.97 bits per heavy atom. The molecule has 0 aliphatic carbocycles. The molecule has 1 fully saturated rings. The lowest BCUT2D eigenvalue weighted by atomic mass is 10.1. The Morgan fingerprint density at radius 1 is 1.15 bits per heavy atom. The van der Waals surface area contributed by atoms with Gasteiger partial charge in [0.05, 0.1) is 24.1 Å². The third kappa shape index (κ3) is 5.70. The van der Waals surface area contributed by atoms with Crippen LogP contribution in [0, 0.1) is 13.8 Å². The summed E-state index contributed by atoms with van der Waals surface area (Å²) < 4.78 is 7.61. The van der Waals surface area contributed by atoms with E-state index in [0.29, 0.717) is 13.1 Å². The molecular formula is C25H33N7O. The summed E-state index contributed by atoms with van der Waals surface area (Å²) in [7, 11) is 1.78. The van der Waals surface area contributed by atoms with Gasteiger partial charge < -0.3 is 20.3 Å². The molecule has 1 aliphatic heterocycles. The average molecular weight is 448 g/mol. The van der Waals surface area contributed by atoms with Gasteiger partial charge in [-0.25, -0.2) is 9.67 Å². The van der Waals surface area contributed by atoms with E-state index in [4.69, 9.17) is 4.74 Å². The highest BCUT2D eigenvalue weighted by molar-refractivity contribution is 5.79. The van der Waals surface area contributed by atoms with E-state index in [-0.39, 0.29) is 6.10 Å². The first-order valence-corrected chi connectivity index (χ1v) is 11.4. The summed E-state index contributed by atoms with van der Waals surface area (Å²) in [5.41, 5.74) is 5.45. The van der Waals surface area contributed by atoms with E-state index >= 15 is 0 Å².